The Bertz CT molecular complexity index is 624. The second-order valence-corrected chi connectivity index (χ2v) is 6.20. The summed E-state index contributed by atoms with van der Waals surface area (Å²) in [6.07, 6.45) is 1.98. The fourth-order valence-corrected chi connectivity index (χ4v) is 3.14. The Labute approximate surface area is 126 Å². The number of aryl methyl sites for hydroxylation is 2. The summed E-state index contributed by atoms with van der Waals surface area (Å²) in [6.45, 7) is 2.11. The van der Waals surface area contributed by atoms with Crippen molar-refractivity contribution in [1.82, 2.24) is 0 Å². The minimum absolute atomic E-state index is 0.135. The van der Waals surface area contributed by atoms with Crippen LogP contribution in [0.3, 0.4) is 0 Å². The molecule has 2 aromatic rings. The van der Waals surface area contributed by atoms with Crippen molar-refractivity contribution >= 4 is 28.3 Å². The largest absolute Gasteiger partial charge is 0.378 e. The monoisotopic (exact) mass is 367 g/mol. The molecule has 1 nitrogen and oxygen atoms in total. The lowest BCUT2D eigenvalue weighted by atomic mass is 10.1. The molecule has 0 aliphatic heterocycles. The maximum atomic E-state index is 13.2. The zero-order valence-electron chi connectivity index (χ0n) is 10.7. The Kier molecular flexibility index (Phi) is 3.48. The minimum atomic E-state index is -0.135. The van der Waals surface area contributed by atoms with E-state index in [1.165, 1.54) is 14.7 Å². The average Bonchev–Trinajstić information content (AvgIpc) is 2.76. The number of rotatable bonds is 2. The Morgan fingerprint density at radius 3 is 2.84 bits per heavy atom. The van der Waals surface area contributed by atoms with Gasteiger partial charge in [0.2, 0.25) is 0 Å². The predicted molar refractivity (Wildman–Crippen MR) is 85.0 cm³/mol. The molecule has 2 aromatic carbocycles. The molecule has 1 N–H and O–H groups in total. The van der Waals surface area contributed by atoms with Gasteiger partial charge in [-0.1, -0.05) is 12.1 Å². The number of benzene rings is 2. The fraction of sp³-hybridized carbons (Fsp3) is 0.250. The third kappa shape index (κ3) is 2.61. The van der Waals surface area contributed by atoms with Gasteiger partial charge in [-0.15, -0.1) is 0 Å². The molecule has 0 amide bonds. The Morgan fingerprint density at radius 2 is 2.05 bits per heavy atom. The zero-order chi connectivity index (χ0) is 13.4. The highest BCUT2D eigenvalue weighted by atomic mass is 127. The molecular weight excluding hydrogens is 352 g/mol. The lowest BCUT2D eigenvalue weighted by Gasteiger charge is -2.16. The van der Waals surface area contributed by atoms with Crippen molar-refractivity contribution < 1.29 is 4.39 Å². The van der Waals surface area contributed by atoms with Crippen LogP contribution in [0, 0.1) is 16.3 Å². The molecule has 0 radical (unpaired) electrons. The Hall–Kier alpha value is -1.10. The molecule has 3 rings (SSSR count). The topological polar surface area (TPSA) is 12.0 Å². The van der Waals surface area contributed by atoms with E-state index in [2.05, 4.69) is 53.0 Å². The molecule has 98 valence electrons. The first-order valence-electron chi connectivity index (χ1n) is 6.44. The lowest BCUT2D eigenvalue weighted by molar-refractivity contribution is 0.626. The van der Waals surface area contributed by atoms with Crippen molar-refractivity contribution in [2.24, 2.45) is 0 Å². The lowest BCUT2D eigenvalue weighted by Crippen LogP contribution is -2.07. The maximum Gasteiger partial charge on any atom is 0.123 e. The Morgan fingerprint density at radius 1 is 1.21 bits per heavy atom. The number of anilines is 1. The molecule has 0 fully saturated rings. The SMILES string of the molecule is Cc1ccc(NC2CCc3cc(F)ccc32)cc1I. The van der Waals surface area contributed by atoms with Crippen LogP contribution in [0.4, 0.5) is 10.1 Å². The molecule has 0 heterocycles. The van der Waals surface area contributed by atoms with E-state index in [4.69, 9.17) is 0 Å². The van der Waals surface area contributed by atoms with Crippen LogP contribution >= 0.6 is 22.6 Å². The van der Waals surface area contributed by atoms with Gasteiger partial charge in [0.1, 0.15) is 5.82 Å². The van der Waals surface area contributed by atoms with E-state index in [0.717, 1.165) is 24.1 Å². The Balaban J connectivity index is 1.84. The quantitative estimate of drug-likeness (QED) is 0.750. The first kappa shape index (κ1) is 12.9. The van der Waals surface area contributed by atoms with Crippen LogP contribution in [0.2, 0.25) is 0 Å². The summed E-state index contributed by atoms with van der Waals surface area (Å²) in [6, 6.07) is 11.8. The summed E-state index contributed by atoms with van der Waals surface area (Å²) < 4.78 is 14.5. The van der Waals surface area contributed by atoms with E-state index in [0.29, 0.717) is 6.04 Å². The normalized spacial score (nSPS) is 17.3. The van der Waals surface area contributed by atoms with Gasteiger partial charge in [0.25, 0.3) is 0 Å². The van der Waals surface area contributed by atoms with Crippen molar-refractivity contribution in [3.8, 4) is 0 Å². The fourth-order valence-electron chi connectivity index (χ4n) is 2.62. The molecule has 0 bridgehead atoms. The molecule has 1 aliphatic carbocycles. The van der Waals surface area contributed by atoms with Gasteiger partial charge in [0, 0.05) is 9.26 Å². The zero-order valence-corrected chi connectivity index (χ0v) is 12.9. The van der Waals surface area contributed by atoms with Crippen LogP contribution in [0.15, 0.2) is 36.4 Å². The van der Waals surface area contributed by atoms with Gasteiger partial charge >= 0.3 is 0 Å². The molecular formula is C16H15FIN. The van der Waals surface area contributed by atoms with Crippen molar-refractivity contribution in [2.75, 3.05) is 5.32 Å². The summed E-state index contributed by atoms with van der Waals surface area (Å²) in [4.78, 5) is 0. The van der Waals surface area contributed by atoms with Gasteiger partial charge in [-0.05, 0) is 83.3 Å². The van der Waals surface area contributed by atoms with Gasteiger partial charge in [0.05, 0.1) is 6.04 Å². The van der Waals surface area contributed by atoms with Crippen molar-refractivity contribution in [2.45, 2.75) is 25.8 Å². The minimum Gasteiger partial charge on any atom is -0.378 e. The second kappa shape index (κ2) is 5.12. The van der Waals surface area contributed by atoms with Crippen LogP contribution in [0.1, 0.15) is 29.2 Å². The molecule has 0 spiro atoms. The number of fused-ring (bicyclic) bond motifs is 1. The molecule has 0 saturated heterocycles. The van der Waals surface area contributed by atoms with E-state index in [1.54, 1.807) is 12.1 Å². The molecule has 0 aromatic heterocycles. The standard InChI is InChI=1S/C16H15FIN/c1-10-2-5-13(9-15(10)18)19-16-7-3-11-8-12(17)4-6-14(11)16/h2,4-6,8-9,16,19H,3,7H2,1H3. The van der Waals surface area contributed by atoms with Crippen LogP contribution in [-0.4, -0.2) is 0 Å². The summed E-state index contributed by atoms with van der Waals surface area (Å²) in [5.41, 5.74) is 4.80. The van der Waals surface area contributed by atoms with Crippen molar-refractivity contribution in [1.29, 1.82) is 0 Å². The molecule has 3 heteroatoms. The summed E-state index contributed by atoms with van der Waals surface area (Å²) in [5.74, 6) is -0.135. The third-order valence-electron chi connectivity index (χ3n) is 3.70. The van der Waals surface area contributed by atoms with Gasteiger partial charge in [0.15, 0.2) is 0 Å². The smallest absolute Gasteiger partial charge is 0.123 e. The van der Waals surface area contributed by atoms with E-state index in [-0.39, 0.29) is 5.82 Å². The highest BCUT2D eigenvalue weighted by Crippen LogP contribution is 2.34. The van der Waals surface area contributed by atoms with Crippen LogP contribution in [-0.2, 0) is 6.42 Å². The van der Waals surface area contributed by atoms with E-state index >= 15 is 0 Å². The molecule has 1 unspecified atom stereocenters. The maximum absolute atomic E-state index is 13.2. The van der Waals surface area contributed by atoms with E-state index in [9.17, 15) is 4.39 Å². The van der Waals surface area contributed by atoms with Crippen LogP contribution < -0.4 is 5.32 Å². The summed E-state index contributed by atoms with van der Waals surface area (Å²) >= 11 is 2.35. The number of nitrogens with one attached hydrogen (secondary N) is 1. The number of halogens is 2. The van der Waals surface area contributed by atoms with Gasteiger partial charge < -0.3 is 5.32 Å². The predicted octanol–water partition coefficient (Wildman–Crippen LogP) is 4.84. The molecule has 19 heavy (non-hydrogen) atoms. The highest BCUT2D eigenvalue weighted by Gasteiger charge is 2.22. The summed E-state index contributed by atoms with van der Waals surface area (Å²) in [7, 11) is 0. The van der Waals surface area contributed by atoms with Crippen molar-refractivity contribution in [3.05, 3.63) is 62.5 Å². The summed E-state index contributed by atoms with van der Waals surface area (Å²) in [5, 5.41) is 3.56. The van der Waals surface area contributed by atoms with Gasteiger partial charge in [-0.2, -0.15) is 0 Å². The van der Waals surface area contributed by atoms with Gasteiger partial charge in [-0.25, -0.2) is 4.39 Å². The second-order valence-electron chi connectivity index (χ2n) is 5.04. The van der Waals surface area contributed by atoms with E-state index in [1.807, 2.05) is 6.07 Å². The number of hydrogen-bond donors (Lipinski definition) is 1. The van der Waals surface area contributed by atoms with Crippen molar-refractivity contribution in [3.63, 3.8) is 0 Å². The molecule has 1 atom stereocenters. The van der Waals surface area contributed by atoms with Crippen LogP contribution in [0.25, 0.3) is 0 Å². The third-order valence-corrected chi connectivity index (χ3v) is 4.86. The molecule has 1 aliphatic rings. The average molecular weight is 367 g/mol. The number of hydrogen-bond acceptors (Lipinski definition) is 1. The molecule has 0 saturated carbocycles. The van der Waals surface area contributed by atoms with Gasteiger partial charge in [-0.3, -0.25) is 0 Å². The highest BCUT2D eigenvalue weighted by molar-refractivity contribution is 14.1. The first-order chi connectivity index (χ1) is 9.13. The first-order valence-corrected chi connectivity index (χ1v) is 7.52. The van der Waals surface area contributed by atoms with E-state index < -0.39 is 0 Å². The van der Waals surface area contributed by atoms with Crippen LogP contribution in [0.5, 0.6) is 0 Å².